The topological polar surface area (TPSA) is 58.4 Å². The van der Waals surface area contributed by atoms with Crippen molar-refractivity contribution in [1.29, 1.82) is 0 Å². The molecule has 1 aliphatic heterocycles. The summed E-state index contributed by atoms with van der Waals surface area (Å²) in [4.78, 5) is 14.1. The van der Waals surface area contributed by atoms with Crippen molar-refractivity contribution in [2.45, 2.75) is 70.9 Å². The van der Waals surface area contributed by atoms with Crippen molar-refractivity contribution in [2.75, 3.05) is 19.6 Å². The Morgan fingerprint density at radius 2 is 1.89 bits per heavy atom. The predicted octanol–water partition coefficient (Wildman–Crippen LogP) is 1.88. The molecule has 112 valence electrons. The lowest BCUT2D eigenvalue weighted by molar-refractivity contribution is -0.124. The van der Waals surface area contributed by atoms with Gasteiger partial charge in [0.1, 0.15) is 0 Å². The van der Waals surface area contributed by atoms with E-state index in [4.69, 9.17) is 5.73 Å². The Kier molecular flexibility index (Phi) is 6.80. The van der Waals surface area contributed by atoms with Gasteiger partial charge in [0.2, 0.25) is 5.91 Å². The monoisotopic (exact) mass is 269 g/mol. The van der Waals surface area contributed by atoms with Crippen molar-refractivity contribution in [3.8, 4) is 0 Å². The number of carbonyl (C=O) groups is 1. The van der Waals surface area contributed by atoms with E-state index in [0.29, 0.717) is 0 Å². The summed E-state index contributed by atoms with van der Waals surface area (Å²) in [5.74, 6) is -0.237. The molecule has 1 unspecified atom stereocenters. The smallest absolute Gasteiger partial charge is 0.237 e. The number of nitrogens with two attached hydrogens (primary N) is 1. The van der Waals surface area contributed by atoms with Crippen LogP contribution < -0.4 is 11.1 Å². The lowest BCUT2D eigenvalue weighted by atomic mass is 9.93. The second-order valence-electron chi connectivity index (χ2n) is 6.35. The highest BCUT2D eigenvalue weighted by molar-refractivity contribution is 5.84. The van der Waals surface area contributed by atoms with E-state index >= 15 is 0 Å². The van der Waals surface area contributed by atoms with Gasteiger partial charge in [-0.25, -0.2) is 0 Å². The van der Waals surface area contributed by atoms with E-state index in [1.807, 2.05) is 6.92 Å². The van der Waals surface area contributed by atoms with Crippen LogP contribution in [0.25, 0.3) is 0 Å². The number of amides is 1. The second-order valence-corrected chi connectivity index (χ2v) is 6.35. The van der Waals surface area contributed by atoms with E-state index in [1.54, 1.807) is 0 Å². The molecule has 0 aromatic rings. The average Bonchev–Trinajstić information content (AvgIpc) is 2.35. The molecule has 1 amide bonds. The van der Waals surface area contributed by atoms with Crippen LogP contribution in [0.3, 0.4) is 0 Å². The fraction of sp³-hybridized carbons (Fsp3) is 0.933. The first-order chi connectivity index (χ1) is 8.94. The molecule has 1 atom stereocenters. The van der Waals surface area contributed by atoms with Crippen LogP contribution in [-0.2, 0) is 4.79 Å². The van der Waals surface area contributed by atoms with Crippen LogP contribution in [0.1, 0.15) is 59.3 Å². The maximum atomic E-state index is 11.6. The van der Waals surface area contributed by atoms with Gasteiger partial charge in [0, 0.05) is 6.04 Å². The van der Waals surface area contributed by atoms with Crippen LogP contribution in [0.4, 0.5) is 0 Å². The number of hydrogen-bond acceptors (Lipinski definition) is 3. The van der Waals surface area contributed by atoms with Gasteiger partial charge in [-0.15, -0.1) is 0 Å². The van der Waals surface area contributed by atoms with Gasteiger partial charge < -0.3 is 16.0 Å². The number of hydrogen-bond donors (Lipinski definition) is 2. The molecule has 3 N–H and O–H groups in total. The lowest BCUT2D eigenvalue weighted by Gasteiger charge is -2.31. The van der Waals surface area contributed by atoms with E-state index in [0.717, 1.165) is 25.8 Å². The van der Waals surface area contributed by atoms with E-state index < -0.39 is 5.54 Å². The Morgan fingerprint density at radius 1 is 1.26 bits per heavy atom. The number of nitrogens with one attached hydrogen (secondary N) is 1. The van der Waals surface area contributed by atoms with Gasteiger partial charge in [-0.05, 0) is 72.5 Å². The number of rotatable bonds is 8. The molecule has 1 rings (SSSR count). The van der Waals surface area contributed by atoms with Crippen molar-refractivity contribution in [3.63, 3.8) is 0 Å². The standard InChI is InChI=1S/C15H31N3O/c1-13(2)17-15(3,14(16)19)9-5-8-12-18-10-6-4-7-11-18/h13,17H,4-12H2,1-3H3,(H2,16,19). The van der Waals surface area contributed by atoms with Crippen molar-refractivity contribution >= 4 is 5.91 Å². The summed E-state index contributed by atoms with van der Waals surface area (Å²) in [5, 5.41) is 3.31. The quantitative estimate of drug-likeness (QED) is 0.662. The van der Waals surface area contributed by atoms with Crippen LogP contribution in [0.5, 0.6) is 0 Å². The minimum absolute atomic E-state index is 0.237. The van der Waals surface area contributed by atoms with Crippen LogP contribution in [0.2, 0.25) is 0 Å². The highest BCUT2D eigenvalue weighted by Crippen LogP contribution is 2.16. The number of carbonyl (C=O) groups excluding carboxylic acids is 1. The van der Waals surface area contributed by atoms with Crippen molar-refractivity contribution in [2.24, 2.45) is 5.73 Å². The van der Waals surface area contributed by atoms with Crippen molar-refractivity contribution in [3.05, 3.63) is 0 Å². The van der Waals surface area contributed by atoms with Crippen molar-refractivity contribution < 1.29 is 4.79 Å². The normalized spacial score (nSPS) is 20.4. The van der Waals surface area contributed by atoms with E-state index in [2.05, 4.69) is 24.1 Å². The molecule has 1 saturated heterocycles. The average molecular weight is 269 g/mol. The molecule has 4 nitrogen and oxygen atoms in total. The fourth-order valence-electron chi connectivity index (χ4n) is 2.90. The van der Waals surface area contributed by atoms with Crippen LogP contribution in [-0.4, -0.2) is 42.0 Å². The molecular weight excluding hydrogens is 238 g/mol. The summed E-state index contributed by atoms with van der Waals surface area (Å²) in [6, 6.07) is 0.277. The number of unbranched alkanes of at least 4 members (excludes halogenated alkanes) is 1. The van der Waals surface area contributed by atoms with Crippen LogP contribution >= 0.6 is 0 Å². The van der Waals surface area contributed by atoms with Gasteiger partial charge in [-0.2, -0.15) is 0 Å². The van der Waals surface area contributed by atoms with Crippen LogP contribution in [0, 0.1) is 0 Å². The molecule has 4 heteroatoms. The molecular formula is C15H31N3O. The molecule has 19 heavy (non-hydrogen) atoms. The minimum Gasteiger partial charge on any atom is -0.368 e. The maximum absolute atomic E-state index is 11.6. The van der Waals surface area contributed by atoms with Gasteiger partial charge in [0.25, 0.3) is 0 Å². The minimum atomic E-state index is -0.559. The molecule has 0 spiro atoms. The number of primary amides is 1. The largest absolute Gasteiger partial charge is 0.368 e. The summed E-state index contributed by atoms with van der Waals surface area (Å²) < 4.78 is 0. The molecule has 1 heterocycles. The summed E-state index contributed by atoms with van der Waals surface area (Å²) in [6.07, 6.45) is 7.10. The van der Waals surface area contributed by atoms with Gasteiger partial charge in [0.05, 0.1) is 5.54 Å². The summed E-state index contributed by atoms with van der Waals surface area (Å²) in [7, 11) is 0. The molecule has 0 aromatic heterocycles. The molecule has 0 aromatic carbocycles. The molecule has 0 saturated carbocycles. The first-order valence-corrected chi connectivity index (χ1v) is 7.74. The fourth-order valence-corrected chi connectivity index (χ4v) is 2.90. The summed E-state index contributed by atoms with van der Waals surface area (Å²) >= 11 is 0. The molecule has 1 aliphatic rings. The Balaban J connectivity index is 2.26. The van der Waals surface area contributed by atoms with Crippen molar-refractivity contribution in [1.82, 2.24) is 10.2 Å². The number of nitrogens with zero attached hydrogens (tertiary/aromatic N) is 1. The Morgan fingerprint density at radius 3 is 2.42 bits per heavy atom. The summed E-state index contributed by atoms with van der Waals surface area (Å²) in [5.41, 5.74) is 4.97. The predicted molar refractivity (Wildman–Crippen MR) is 80.0 cm³/mol. The van der Waals surface area contributed by atoms with Gasteiger partial charge in [-0.1, -0.05) is 6.42 Å². The third-order valence-corrected chi connectivity index (χ3v) is 4.00. The molecule has 1 fully saturated rings. The van der Waals surface area contributed by atoms with E-state index in [9.17, 15) is 4.79 Å². The lowest BCUT2D eigenvalue weighted by Crippen LogP contribution is -2.55. The van der Waals surface area contributed by atoms with Gasteiger partial charge in [-0.3, -0.25) is 4.79 Å². The zero-order valence-electron chi connectivity index (χ0n) is 12.9. The van der Waals surface area contributed by atoms with Gasteiger partial charge >= 0.3 is 0 Å². The molecule has 0 bridgehead atoms. The Bertz CT molecular complexity index is 275. The van der Waals surface area contributed by atoms with Gasteiger partial charge in [0.15, 0.2) is 0 Å². The first-order valence-electron chi connectivity index (χ1n) is 7.74. The number of likely N-dealkylation sites (tertiary alicyclic amines) is 1. The number of piperidine rings is 1. The third kappa shape index (κ3) is 5.91. The summed E-state index contributed by atoms with van der Waals surface area (Å²) in [6.45, 7) is 9.69. The third-order valence-electron chi connectivity index (χ3n) is 4.00. The maximum Gasteiger partial charge on any atom is 0.237 e. The molecule has 0 aliphatic carbocycles. The highest BCUT2D eigenvalue weighted by Gasteiger charge is 2.30. The van der Waals surface area contributed by atoms with E-state index in [1.165, 1.54) is 32.4 Å². The molecule has 0 radical (unpaired) electrons. The first kappa shape index (κ1) is 16.4. The van der Waals surface area contributed by atoms with E-state index in [-0.39, 0.29) is 11.9 Å². The zero-order chi connectivity index (χ0) is 14.3. The second kappa shape index (κ2) is 7.85. The van der Waals surface area contributed by atoms with Crippen LogP contribution in [0.15, 0.2) is 0 Å². The Labute approximate surface area is 118 Å². The zero-order valence-corrected chi connectivity index (χ0v) is 12.9. The highest BCUT2D eigenvalue weighted by atomic mass is 16.1. The SMILES string of the molecule is CC(C)NC(C)(CCCCN1CCCCC1)C(N)=O. The Hall–Kier alpha value is -0.610.